The first-order valence-corrected chi connectivity index (χ1v) is 8.12. The Morgan fingerprint density at radius 2 is 2.29 bits per heavy atom. The molecule has 118 valence electrons. The number of aromatic nitrogens is 2. The van der Waals surface area contributed by atoms with Crippen LogP contribution in [0, 0.1) is 5.92 Å². The number of nitrogens with zero attached hydrogens (tertiary/aromatic N) is 4. The molecule has 0 amide bonds. The maximum atomic E-state index is 12.5. The number of carbonyl (C=O) groups is 1. The van der Waals surface area contributed by atoms with E-state index in [0.29, 0.717) is 25.2 Å². The van der Waals surface area contributed by atoms with Crippen LogP contribution in [0.5, 0.6) is 0 Å². The second-order valence-corrected chi connectivity index (χ2v) is 7.29. The lowest BCUT2D eigenvalue weighted by Gasteiger charge is -2.32. The van der Waals surface area contributed by atoms with Crippen molar-refractivity contribution in [2.45, 2.75) is 19.4 Å². The maximum Gasteiger partial charge on any atom is 0.307 e. The number of hydrogen-bond donors (Lipinski definition) is 1. The van der Waals surface area contributed by atoms with Crippen molar-refractivity contribution in [3.8, 4) is 0 Å². The third kappa shape index (κ3) is 3.42. The normalized spacial score (nSPS) is 20.8. The van der Waals surface area contributed by atoms with Gasteiger partial charge in [0.05, 0.1) is 12.5 Å². The molecule has 2 heterocycles. The maximum absolute atomic E-state index is 12.5. The predicted octanol–water partition coefficient (Wildman–Crippen LogP) is -0.107. The first kappa shape index (κ1) is 15.9. The quantitative estimate of drug-likeness (QED) is 0.818. The Labute approximate surface area is 124 Å². The molecule has 1 aliphatic rings. The highest BCUT2D eigenvalue weighted by Crippen LogP contribution is 2.21. The summed E-state index contributed by atoms with van der Waals surface area (Å²) in [6.45, 7) is 0.541. The largest absolute Gasteiger partial charge is 0.481 e. The van der Waals surface area contributed by atoms with Gasteiger partial charge in [0.25, 0.3) is 10.2 Å². The third-order valence-electron chi connectivity index (χ3n) is 3.74. The number of imidazole rings is 1. The Morgan fingerprint density at radius 1 is 1.57 bits per heavy atom. The predicted molar refractivity (Wildman–Crippen MR) is 75.5 cm³/mol. The summed E-state index contributed by atoms with van der Waals surface area (Å²) in [5.41, 5.74) is 0. The van der Waals surface area contributed by atoms with Crippen molar-refractivity contribution in [1.82, 2.24) is 18.2 Å². The number of aryl methyl sites for hydroxylation is 1. The number of carboxylic acids is 1. The zero-order chi connectivity index (χ0) is 15.6. The Hall–Kier alpha value is -1.45. The van der Waals surface area contributed by atoms with E-state index in [1.54, 1.807) is 24.0 Å². The fourth-order valence-corrected chi connectivity index (χ4v) is 3.78. The fraction of sp³-hybridized carbons (Fsp3) is 0.667. The highest BCUT2D eigenvalue weighted by atomic mass is 32.2. The molecule has 8 nitrogen and oxygen atoms in total. The van der Waals surface area contributed by atoms with Crippen LogP contribution in [0.4, 0.5) is 0 Å². The molecular weight excluding hydrogens is 296 g/mol. The van der Waals surface area contributed by atoms with Crippen LogP contribution in [0.25, 0.3) is 0 Å². The SMILES string of the molecule is CN(Cc1nccn1C)S(=O)(=O)N1CCCC(C(=O)O)C1. The average molecular weight is 316 g/mol. The van der Waals surface area contributed by atoms with Crippen LogP contribution in [0.15, 0.2) is 12.4 Å². The van der Waals surface area contributed by atoms with Crippen molar-refractivity contribution in [2.75, 3.05) is 20.1 Å². The van der Waals surface area contributed by atoms with Crippen LogP contribution >= 0.6 is 0 Å². The Balaban J connectivity index is 2.09. The first-order chi connectivity index (χ1) is 9.82. The second kappa shape index (κ2) is 6.12. The van der Waals surface area contributed by atoms with Gasteiger partial charge >= 0.3 is 5.97 Å². The van der Waals surface area contributed by atoms with Gasteiger partial charge in [-0.25, -0.2) is 4.98 Å². The Morgan fingerprint density at radius 3 is 2.86 bits per heavy atom. The van der Waals surface area contributed by atoms with E-state index in [0.717, 1.165) is 0 Å². The molecule has 1 unspecified atom stereocenters. The summed E-state index contributed by atoms with van der Waals surface area (Å²) in [7, 11) is -0.395. The Kier molecular flexibility index (Phi) is 4.64. The molecule has 0 aliphatic carbocycles. The molecule has 1 saturated heterocycles. The smallest absolute Gasteiger partial charge is 0.307 e. The van der Waals surface area contributed by atoms with Gasteiger partial charge in [-0.3, -0.25) is 4.79 Å². The minimum atomic E-state index is -3.67. The van der Waals surface area contributed by atoms with Crippen molar-refractivity contribution in [3.05, 3.63) is 18.2 Å². The summed E-state index contributed by atoms with van der Waals surface area (Å²) in [4.78, 5) is 15.2. The molecule has 0 saturated carbocycles. The average Bonchev–Trinajstić information content (AvgIpc) is 2.84. The van der Waals surface area contributed by atoms with Gasteiger partial charge in [-0.15, -0.1) is 0 Å². The lowest BCUT2D eigenvalue weighted by atomic mass is 10.0. The summed E-state index contributed by atoms with van der Waals surface area (Å²) in [5.74, 6) is -0.940. The van der Waals surface area contributed by atoms with E-state index >= 15 is 0 Å². The molecule has 0 aromatic carbocycles. The minimum absolute atomic E-state index is 0.0303. The molecule has 21 heavy (non-hydrogen) atoms. The Bertz CT molecular complexity index is 613. The molecule has 1 N–H and O–H groups in total. The van der Waals surface area contributed by atoms with Crippen molar-refractivity contribution >= 4 is 16.2 Å². The second-order valence-electron chi connectivity index (χ2n) is 5.25. The van der Waals surface area contributed by atoms with Gasteiger partial charge in [-0.1, -0.05) is 0 Å². The lowest BCUT2D eigenvalue weighted by Crippen LogP contribution is -2.47. The topological polar surface area (TPSA) is 95.7 Å². The van der Waals surface area contributed by atoms with Crippen LogP contribution in [-0.4, -0.2) is 57.8 Å². The van der Waals surface area contributed by atoms with E-state index in [1.165, 1.54) is 15.7 Å². The molecule has 9 heteroatoms. The first-order valence-electron chi connectivity index (χ1n) is 6.72. The molecular formula is C12H20N4O4S. The zero-order valence-electron chi connectivity index (χ0n) is 12.1. The summed E-state index contributed by atoms with van der Waals surface area (Å²) in [6, 6.07) is 0. The van der Waals surface area contributed by atoms with Gasteiger partial charge in [0.1, 0.15) is 5.82 Å². The number of carboxylic acid groups (broad SMARTS) is 1. The summed E-state index contributed by atoms with van der Waals surface area (Å²) in [6.07, 6.45) is 4.44. The van der Waals surface area contributed by atoms with E-state index in [-0.39, 0.29) is 13.1 Å². The third-order valence-corrected chi connectivity index (χ3v) is 5.64. The molecule has 1 atom stereocenters. The van der Waals surface area contributed by atoms with Crippen LogP contribution in [0.1, 0.15) is 18.7 Å². The van der Waals surface area contributed by atoms with Crippen molar-refractivity contribution in [3.63, 3.8) is 0 Å². The number of hydrogen-bond acceptors (Lipinski definition) is 4. The summed E-state index contributed by atoms with van der Waals surface area (Å²) < 4.78 is 29.2. The van der Waals surface area contributed by atoms with Crippen molar-refractivity contribution < 1.29 is 18.3 Å². The molecule has 1 fully saturated rings. The number of aliphatic carboxylic acids is 1. The van der Waals surface area contributed by atoms with Gasteiger partial charge < -0.3 is 9.67 Å². The van der Waals surface area contributed by atoms with Crippen LogP contribution < -0.4 is 0 Å². The van der Waals surface area contributed by atoms with E-state index in [1.807, 2.05) is 0 Å². The summed E-state index contributed by atoms with van der Waals surface area (Å²) in [5, 5.41) is 9.06. The van der Waals surface area contributed by atoms with Gasteiger partial charge in [0, 0.05) is 39.6 Å². The van der Waals surface area contributed by atoms with Gasteiger partial charge in [-0.05, 0) is 12.8 Å². The molecule has 1 aromatic rings. The van der Waals surface area contributed by atoms with Gasteiger partial charge in [0.15, 0.2) is 0 Å². The van der Waals surface area contributed by atoms with Crippen molar-refractivity contribution in [1.29, 1.82) is 0 Å². The highest BCUT2D eigenvalue weighted by Gasteiger charge is 2.34. The lowest BCUT2D eigenvalue weighted by molar-refractivity contribution is -0.142. The van der Waals surface area contributed by atoms with Crippen LogP contribution in [0.2, 0.25) is 0 Å². The van der Waals surface area contributed by atoms with Gasteiger partial charge in [0.2, 0.25) is 0 Å². The van der Waals surface area contributed by atoms with Crippen LogP contribution in [-0.2, 0) is 28.6 Å². The monoisotopic (exact) mass is 316 g/mol. The zero-order valence-corrected chi connectivity index (χ0v) is 13.0. The summed E-state index contributed by atoms with van der Waals surface area (Å²) >= 11 is 0. The standard InChI is InChI=1S/C12H20N4O4S/c1-14-7-5-13-11(14)9-15(2)21(19,20)16-6-3-4-10(8-16)12(17)18/h5,7,10H,3-4,6,8-9H2,1-2H3,(H,17,18). The van der Waals surface area contributed by atoms with Crippen LogP contribution in [0.3, 0.4) is 0 Å². The van der Waals surface area contributed by atoms with E-state index < -0.39 is 22.1 Å². The van der Waals surface area contributed by atoms with E-state index in [9.17, 15) is 13.2 Å². The molecule has 0 spiro atoms. The minimum Gasteiger partial charge on any atom is -0.481 e. The van der Waals surface area contributed by atoms with Crippen molar-refractivity contribution in [2.24, 2.45) is 13.0 Å². The molecule has 0 bridgehead atoms. The molecule has 1 aliphatic heterocycles. The molecule has 2 rings (SSSR count). The van der Waals surface area contributed by atoms with E-state index in [2.05, 4.69) is 4.98 Å². The number of piperidine rings is 1. The number of rotatable bonds is 5. The van der Waals surface area contributed by atoms with E-state index in [4.69, 9.17) is 5.11 Å². The van der Waals surface area contributed by atoms with Gasteiger partial charge in [-0.2, -0.15) is 17.0 Å². The molecule has 1 aromatic heterocycles. The molecule has 0 radical (unpaired) electrons. The highest BCUT2D eigenvalue weighted by molar-refractivity contribution is 7.86. The fourth-order valence-electron chi connectivity index (χ4n) is 2.38.